The topological polar surface area (TPSA) is 75.9 Å². The number of hydrogen-bond acceptors (Lipinski definition) is 5. The largest absolute Gasteiger partial charge is 0.416 e. The van der Waals surface area contributed by atoms with Crippen LogP contribution in [0.3, 0.4) is 0 Å². The molecule has 1 unspecified atom stereocenters. The quantitative estimate of drug-likeness (QED) is 0.507. The van der Waals surface area contributed by atoms with E-state index in [4.69, 9.17) is 4.74 Å². The average molecular weight is 429 g/mol. The molecule has 166 valence electrons. The summed E-state index contributed by atoms with van der Waals surface area (Å²) in [5.41, 5.74) is -1.45. The number of nitro groups is 1. The second-order valence-corrected chi connectivity index (χ2v) is 7.73. The van der Waals surface area contributed by atoms with Crippen LogP contribution in [0.5, 0.6) is 0 Å². The lowest BCUT2D eigenvalue weighted by molar-refractivity contribution is -0.384. The van der Waals surface area contributed by atoms with Crippen LogP contribution in [-0.4, -0.2) is 54.6 Å². The van der Waals surface area contributed by atoms with Gasteiger partial charge in [-0.3, -0.25) is 14.9 Å². The summed E-state index contributed by atoms with van der Waals surface area (Å²) in [4.78, 5) is 27.0. The minimum absolute atomic E-state index is 0.0505. The molecule has 0 bridgehead atoms. The molecule has 1 amide bonds. The number of alkyl halides is 3. The maximum absolute atomic E-state index is 12.9. The summed E-state index contributed by atoms with van der Waals surface area (Å²) in [5, 5.41) is 11.3. The first-order valence-corrected chi connectivity index (χ1v) is 10.2. The highest BCUT2D eigenvalue weighted by atomic mass is 19.4. The first kappa shape index (κ1) is 22.3. The fourth-order valence-corrected chi connectivity index (χ4v) is 4.15. The minimum atomic E-state index is -4.64. The molecule has 10 heteroatoms. The number of benzene rings is 1. The predicted octanol–water partition coefficient (Wildman–Crippen LogP) is 3.86. The van der Waals surface area contributed by atoms with Gasteiger partial charge in [0.1, 0.15) is 5.69 Å². The van der Waals surface area contributed by atoms with Crippen LogP contribution in [0.1, 0.15) is 38.2 Å². The summed E-state index contributed by atoms with van der Waals surface area (Å²) in [7, 11) is 0. The minimum Gasteiger partial charge on any atom is -0.376 e. The lowest BCUT2D eigenvalue weighted by Crippen LogP contribution is -2.45. The van der Waals surface area contributed by atoms with Crippen molar-refractivity contribution in [2.24, 2.45) is 5.92 Å². The number of halogens is 3. The van der Waals surface area contributed by atoms with Gasteiger partial charge in [-0.1, -0.05) is 0 Å². The summed E-state index contributed by atoms with van der Waals surface area (Å²) >= 11 is 0. The number of hydrogen-bond donors (Lipinski definition) is 0. The van der Waals surface area contributed by atoms with Crippen LogP contribution in [0, 0.1) is 16.0 Å². The summed E-state index contributed by atoms with van der Waals surface area (Å²) in [6.45, 7) is 4.55. The third-order valence-electron chi connectivity index (χ3n) is 5.83. The van der Waals surface area contributed by atoms with Crippen molar-refractivity contribution in [3.63, 3.8) is 0 Å². The normalized spacial score (nSPS) is 20.4. The first-order chi connectivity index (χ1) is 14.2. The summed E-state index contributed by atoms with van der Waals surface area (Å²) in [6, 6.07) is 2.59. The molecule has 7 nitrogen and oxygen atoms in total. The van der Waals surface area contributed by atoms with Crippen LogP contribution >= 0.6 is 0 Å². The Morgan fingerprint density at radius 1 is 1.30 bits per heavy atom. The van der Waals surface area contributed by atoms with E-state index in [1.807, 2.05) is 6.92 Å². The number of carbonyl (C=O) groups excluding carboxylic acids is 1. The Balaban J connectivity index is 1.66. The maximum Gasteiger partial charge on any atom is 0.416 e. The number of carbonyl (C=O) groups is 1. The number of nitro benzene ring substituents is 1. The number of piperidine rings is 1. The van der Waals surface area contributed by atoms with E-state index in [1.165, 1.54) is 0 Å². The molecule has 0 spiro atoms. The highest BCUT2D eigenvalue weighted by Crippen LogP contribution is 2.37. The molecular weight excluding hydrogens is 403 g/mol. The standard InChI is InChI=1S/C20H26F3N3O4/c1-2-24(13-16-4-3-11-30-16)19(27)14-7-9-25(10-8-14)17-6-5-15(20(21,22)23)12-18(17)26(28)29/h5-6,12,14,16H,2-4,7-11,13H2,1H3. The molecule has 2 fully saturated rings. The number of anilines is 1. The molecular formula is C20H26F3N3O4. The highest BCUT2D eigenvalue weighted by molar-refractivity contribution is 5.79. The lowest BCUT2D eigenvalue weighted by atomic mass is 9.94. The smallest absolute Gasteiger partial charge is 0.376 e. The van der Waals surface area contributed by atoms with Gasteiger partial charge in [-0.2, -0.15) is 13.2 Å². The van der Waals surface area contributed by atoms with Gasteiger partial charge in [-0.15, -0.1) is 0 Å². The van der Waals surface area contributed by atoms with Gasteiger partial charge in [-0.05, 0) is 44.7 Å². The average Bonchev–Trinajstić information content (AvgIpc) is 3.23. The summed E-state index contributed by atoms with van der Waals surface area (Å²) in [6.07, 6.45) is -1.63. The molecule has 0 saturated carbocycles. The molecule has 0 N–H and O–H groups in total. The molecule has 2 aliphatic rings. The molecule has 1 atom stereocenters. The van der Waals surface area contributed by atoms with Crippen LogP contribution in [-0.2, 0) is 15.7 Å². The van der Waals surface area contributed by atoms with Crippen molar-refractivity contribution in [3.05, 3.63) is 33.9 Å². The Morgan fingerprint density at radius 2 is 2.00 bits per heavy atom. The van der Waals surface area contributed by atoms with E-state index < -0.39 is 22.4 Å². The van der Waals surface area contributed by atoms with Gasteiger partial charge < -0.3 is 14.5 Å². The second kappa shape index (κ2) is 9.20. The molecule has 1 aromatic rings. The lowest BCUT2D eigenvalue weighted by Gasteiger charge is -2.35. The molecule has 2 saturated heterocycles. The van der Waals surface area contributed by atoms with Crippen LogP contribution in [0.2, 0.25) is 0 Å². The number of ether oxygens (including phenoxy) is 1. The van der Waals surface area contributed by atoms with Crippen molar-refractivity contribution in [3.8, 4) is 0 Å². The van der Waals surface area contributed by atoms with Crippen molar-refractivity contribution in [2.45, 2.75) is 44.9 Å². The Kier molecular flexibility index (Phi) is 6.84. The SMILES string of the molecule is CCN(CC1CCCO1)C(=O)C1CCN(c2ccc(C(F)(F)F)cc2[N+](=O)[O-])CC1. The van der Waals surface area contributed by atoms with Gasteiger partial charge in [0.2, 0.25) is 5.91 Å². The fourth-order valence-electron chi connectivity index (χ4n) is 4.15. The highest BCUT2D eigenvalue weighted by Gasteiger charge is 2.35. The van der Waals surface area contributed by atoms with E-state index in [0.717, 1.165) is 31.6 Å². The van der Waals surface area contributed by atoms with Gasteiger partial charge >= 0.3 is 6.18 Å². The van der Waals surface area contributed by atoms with Crippen molar-refractivity contribution in [1.29, 1.82) is 0 Å². The van der Waals surface area contributed by atoms with Crippen LogP contribution in [0.25, 0.3) is 0 Å². The number of amides is 1. The molecule has 0 aliphatic carbocycles. The summed E-state index contributed by atoms with van der Waals surface area (Å²) in [5.74, 6) is -0.148. The first-order valence-electron chi connectivity index (χ1n) is 10.2. The van der Waals surface area contributed by atoms with E-state index in [2.05, 4.69) is 0 Å². The van der Waals surface area contributed by atoms with E-state index in [0.29, 0.717) is 45.1 Å². The molecule has 2 aliphatic heterocycles. The van der Waals surface area contributed by atoms with E-state index in [-0.39, 0.29) is 23.6 Å². The van der Waals surface area contributed by atoms with Gasteiger partial charge in [0, 0.05) is 44.8 Å². The van der Waals surface area contributed by atoms with Crippen LogP contribution in [0.4, 0.5) is 24.5 Å². The molecule has 0 aromatic heterocycles. The molecule has 30 heavy (non-hydrogen) atoms. The number of rotatable bonds is 6. The molecule has 0 radical (unpaired) electrons. The van der Waals surface area contributed by atoms with Gasteiger partial charge in [-0.25, -0.2) is 0 Å². The van der Waals surface area contributed by atoms with Crippen LogP contribution < -0.4 is 4.90 Å². The van der Waals surface area contributed by atoms with Crippen molar-refractivity contribution < 1.29 is 27.6 Å². The zero-order chi connectivity index (χ0) is 21.9. The zero-order valence-electron chi connectivity index (χ0n) is 16.9. The molecule has 3 rings (SSSR count). The monoisotopic (exact) mass is 429 g/mol. The van der Waals surface area contributed by atoms with Crippen molar-refractivity contribution >= 4 is 17.3 Å². The Labute approximate surface area is 172 Å². The maximum atomic E-state index is 12.9. The second-order valence-electron chi connectivity index (χ2n) is 7.73. The molecule has 1 aromatic carbocycles. The summed E-state index contributed by atoms with van der Waals surface area (Å²) < 4.78 is 44.4. The Morgan fingerprint density at radius 3 is 2.53 bits per heavy atom. The van der Waals surface area contributed by atoms with E-state index in [9.17, 15) is 28.1 Å². The van der Waals surface area contributed by atoms with Gasteiger partial charge in [0.25, 0.3) is 5.69 Å². The fraction of sp³-hybridized carbons (Fsp3) is 0.650. The third-order valence-corrected chi connectivity index (χ3v) is 5.83. The van der Waals surface area contributed by atoms with Crippen LogP contribution in [0.15, 0.2) is 18.2 Å². The van der Waals surface area contributed by atoms with Gasteiger partial charge in [0.15, 0.2) is 0 Å². The Hall–Kier alpha value is -2.36. The number of nitrogens with zero attached hydrogens (tertiary/aromatic N) is 3. The number of likely N-dealkylation sites (N-methyl/N-ethyl adjacent to an activating group) is 1. The van der Waals surface area contributed by atoms with Gasteiger partial charge in [0.05, 0.1) is 16.6 Å². The van der Waals surface area contributed by atoms with Crippen molar-refractivity contribution in [1.82, 2.24) is 4.90 Å². The third kappa shape index (κ3) is 5.03. The van der Waals surface area contributed by atoms with E-state index >= 15 is 0 Å². The Bertz CT molecular complexity index is 773. The predicted molar refractivity (Wildman–Crippen MR) is 104 cm³/mol. The van der Waals surface area contributed by atoms with E-state index in [1.54, 1.807) is 9.80 Å². The molecule has 2 heterocycles. The zero-order valence-corrected chi connectivity index (χ0v) is 16.9. The van der Waals surface area contributed by atoms with Crippen molar-refractivity contribution in [2.75, 3.05) is 37.7 Å².